The highest BCUT2D eigenvalue weighted by molar-refractivity contribution is 6.31. The first-order chi connectivity index (χ1) is 9.02. The number of halogens is 1. The molecule has 19 heavy (non-hydrogen) atoms. The summed E-state index contributed by atoms with van der Waals surface area (Å²) in [5, 5.41) is 4.26. The molecule has 1 heterocycles. The van der Waals surface area contributed by atoms with E-state index in [-0.39, 0.29) is 11.8 Å². The third-order valence-corrected chi connectivity index (χ3v) is 3.78. The number of carbonyl (C=O) groups excluding carboxylic acids is 1. The molecular formula is C13H15ClN4O. The monoisotopic (exact) mass is 278 g/mol. The fraction of sp³-hybridized carbons (Fsp3) is 0.462. The van der Waals surface area contributed by atoms with E-state index in [1.165, 1.54) is 0 Å². The van der Waals surface area contributed by atoms with E-state index in [0.717, 1.165) is 16.8 Å². The average Bonchev–Trinajstić information content (AvgIpc) is 2.72. The van der Waals surface area contributed by atoms with E-state index in [0.29, 0.717) is 24.5 Å². The van der Waals surface area contributed by atoms with E-state index in [2.05, 4.69) is 10.0 Å². The highest BCUT2D eigenvalue weighted by Gasteiger charge is 2.31. The van der Waals surface area contributed by atoms with E-state index in [9.17, 15) is 4.79 Å². The Balaban J connectivity index is 2.25. The Morgan fingerprint density at radius 3 is 2.89 bits per heavy atom. The molecule has 5 nitrogen and oxygen atoms in total. The minimum Gasteiger partial charge on any atom is -0.312 e. The van der Waals surface area contributed by atoms with E-state index in [1.807, 2.05) is 26.0 Å². The largest absolute Gasteiger partial charge is 0.312 e. The molecule has 0 bridgehead atoms. The maximum Gasteiger partial charge on any atom is 0.227 e. The van der Waals surface area contributed by atoms with Crippen molar-refractivity contribution < 1.29 is 4.79 Å². The lowest BCUT2D eigenvalue weighted by atomic mass is 10.1. The molecule has 1 aliphatic heterocycles. The van der Waals surface area contributed by atoms with Gasteiger partial charge in [0.05, 0.1) is 0 Å². The molecule has 0 N–H and O–H groups in total. The van der Waals surface area contributed by atoms with Gasteiger partial charge in [0.25, 0.3) is 0 Å². The molecular weight excluding hydrogens is 264 g/mol. The van der Waals surface area contributed by atoms with Crippen molar-refractivity contribution in [1.29, 1.82) is 0 Å². The Bertz CT molecular complexity index is 566. The van der Waals surface area contributed by atoms with Crippen molar-refractivity contribution in [3.63, 3.8) is 0 Å². The number of carbonyl (C=O) groups is 1. The second-order valence-electron chi connectivity index (χ2n) is 4.88. The van der Waals surface area contributed by atoms with E-state index in [1.54, 1.807) is 4.90 Å². The molecule has 1 aromatic carbocycles. The Morgan fingerprint density at radius 1 is 1.47 bits per heavy atom. The van der Waals surface area contributed by atoms with Gasteiger partial charge in [-0.2, -0.15) is 0 Å². The van der Waals surface area contributed by atoms with Gasteiger partial charge in [0.1, 0.15) is 0 Å². The van der Waals surface area contributed by atoms with Gasteiger partial charge in [0.15, 0.2) is 0 Å². The number of amides is 1. The molecule has 0 radical (unpaired) electrons. The van der Waals surface area contributed by atoms with Gasteiger partial charge in [-0.05, 0) is 48.6 Å². The molecule has 0 spiro atoms. The third kappa shape index (κ3) is 2.83. The van der Waals surface area contributed by atoms with Gasteiger partial charge < -0.3 is 4.90 Å². The molecule has 1 saturated heterocycles. The van der Waals surface area contributed by atoms with Crippen molar-refractivity contribution in [2.24, 2.45) is 11.0 Å². The van der Waals surface area contributed by atoms with Crippen LogP contribution in [0, 0.1) is 19.8 Å². The lowest BCUT2D eigenvalue weighted by molar-refractivity contribution is -0.117. The maximum atomic E-state index is 12.1. The van der Waals surface area contributed by atoms with Gasteiger partial charge in [0, 0.05) is 35.1 Å². The highest BCUT2D eigenvalue weighted by Crippen LogP contribution is 2.31. The van der Waals surface area contributed by atoms with Crippen LogP contribution in [0.5, 0.6) is 0 Å². The summed E-state index contributed by atoms with van der Waals surface area (Å²) in [4.78, 5) is 16.6. The van der Waals surface area contributed by atoms with Crippen LogP contribution < -0.4 is 4.90 Å². The van der Waals surface area contributed by atoms with Gasteiger partial charge in [-0.25, -0.2) is 0 Å². The van der Waals surface area contributed by atoms with Crippen molar-refractivity contribution in [3.05, 3.63) is 38.7 Å². The van der Waals surface area contributed by atoms with E-state index < -0.39 is 0 Å². The van der Waals surface area contributed by atoms with Gasteiger partial charge >= 0.3 is 0 Å². The number of hydrogen-bond donors (Lipinski definition) is 0. The van der Waals surface area contributed by atoms with Crippen molar-refractivity contribution in [1.82, 2.24) is 0 Å². The first-order valence-corrected chi connectivity index (χ1v) is 6.48. The van der Waals surface area contributed by atoms with Crippen LogP contribution in [0.4, 0.5) is 5.69 Å². The van der Waals surface area contributed by atoms with Gasteiger partial charge in [0.2, 0.25) is 5.91 Å². The molecule has 1 amide bonds. The Labute approximate surface area is 116 Å². The Kier molecular flexibility index (Phi) is 3.98. The second-order valence-corrected chi connectivity index (χ2v) is 5.28. The minimum atomic E-state index is 0.0722. The smallest absolute Gasteiger partial charge is 0.227 e. The van der Waals surface area contributed by atoms with Crippen LogP contribution in [0.2, 0.25) is 5.02 Å². The topological polar surface area (TPSA) is 69.1 Å². The number of anilines is 1. The van der Waals surface area contributed by atoms with Crippen molar-refractivity contribution in [2.45, 2.75) is 20.3 Å². The lowest BCUT2D eigenvalue weighted by Crippen LogP contribution is -2.25. The molecule has 100 valence electrons. The molecule has 0 aliphatic carbocycles. The number of benzene rings is 1. The molecule has 1 aromatic rings. The molecule has 1 atom stereocenters. The lowest BCUT2D eigenvalue weighted by Gasteiger charge is -2.20. The predicted octanol–water partition coefficient (Wildman–Crippen LogP) is 3.62. The van der Waals surface area contributed by atoms with E-state index in [4.69, 9.17) is 17.1 Å². The van der Waals surface area contributed by atoms with Crippen molar-refractivity contribution >= 4 is 23.2 Å². The van der Waals surface area contributed by atoms with Crippen molar-refractivity contribution in [3.8, 4) is 0 Å². The molecule has 1 unspecified atom stereocenters. The standard InChI is InChI=1S/C13H15ClN4O/c1-8-4-12(9(2)3-11(8)14)18-7-10(5-13(18)19)6-16-17-15/h3-4,10H,5-7H2,1-2H3. The van der Waals surface area contributed by atoms with Gasteiger partial charge in [-0.1, -0.05) is 16.7 Å². The normalized spacial score (nSPS) is 18.6. The predicted molar refractivity (Wildman–Crippen MR) is 75.4 cm³/mol. The average molecular weight is 279 g/mol. The number of hydrogen-bond acceptors (Lipinski definition) is 2. The van der Waals surface area contributed by atoms with Crippen LogP contribution in [-0.4, -0.2) is 19.0 Å². The van der Waals surface area contributed by atoms with Crippen LogP contribution in [0.1, 0.15) is 17.5 Å². The van der Waals surface area contributed by atoms with Crippen LogP contribution in [-0.2, 0) is 4.79 Å². The summed E-state index contributed by atoms with van der Waals surface area (Å²) in [5.74, 6) is 0.168. The van der Waals surface area contributed by atoms with Crippen LogP contribution in [0.3, 0.4) is 0 Å². The number of azide groups is 1. The molecule has 0 aromatic heterocycles. The Hall–Kier alpha value is -1.71. The molecule has 6 heteroatoms. The van der Waals surface area contributed by atoms with Crippen LogP contribution in [0.15, 0.2) is 17.2 Å². The zero-order valence-electron chi connectivity index (χ0n) is 10.9. The van der Waals surface area contributed by atoms with Gasteiger partial charge in [-0.15, -0.1) is 0 Å². The molecule has 1 aliphatic rings. The molecule has 1 fully saturated rings. The zero-order chi connectivity index (χ0) is 14.0. The van der Waals surface area contributed by atoms with Crippen LogP contribution >= 0.6 is 11.6 Å². The third-order valence-electron chi connectivity index (χ3n) is 3.38. The molecule has 2 rings (SSSR count). The molecule has 0 saturated carbocycles. The summed E-state index contributed by atoms with van der Waals surface area (Å²) in [7, 11) is 0. The first-order valence-electron chi connectivity index (χ1n) is 6.11. The van der Waals surface area contributed by atoms with E-state index >= 15 is 0 Å². The number of aryl methyl sites for hydroxylation is 2. The zero-order valence-corrected chi connectivity index (χ0v) is 11.7. The summed E-state index contributed by atoms with van der Waals surface area (Å²) < 4.78 is 0. The van der Waals surface area contributed by atoms with Gasteiger partial charge in [-0.3, -0.25) is 4.79 Å². The Morgan fingerprint density at radius 2 is 2.21 bits per heavy atom. The highest BCUT2D eigenvalue weighted by atomic mass is 35.5. The quantitative estimate of drug-likeness (QED) is 0.473. The second kappa shape index (κ2) is 5.51. The summed E-state index contributed by atoms with van der Waals surface area (Å²) in [6.07, 6.45) is 0.431. The van der Waals surface area contributed by atoms with Crippen molar-refractivity contribution in [2.75, 3.05) is 18.0 Å². The summed E-state index contributed by atoms with van der Waals surface area (Å²) in [6.45, 7) is 4.82. The van der Waals surface area contributed by atoms with Crippen LogP contribution in [0.25, 0.3) is 10.4 Å². The minimum absolute atomic E-state index is 0.0722. The fourth-order valence-electron chi connectivity index (χ4n) is 2.35. The number of nitrogens with zero attached hydrogens (tertiary/aromatic N) is 4. The summed E-state index contributed by atoms with van der Waals surface area (Å²) >= 11 is 6.07. The maximum absolute atomic E-state index is 12.1. The SMILES string of the molecule is Cc1cc(N2CC(CN=[N+]=[N-])CC2=O)c(C)cc1Cl. The number of rotatable bonds is 3. The summed E-state index contributed by atoms with van der Waals surface area (Å²) in [5.41, 5.74) is 11.2. The summed E-state index contributed by atoms with van der Waals surface area (Å²) in [6, 6.07) is 3.81. The fourth-order valence-corrected chi connectivity index (χ4v) is 2.56. The first kappa shape index (κ1) is 13.7.